The molecule has 1 nitrogen and oxygen atoms in total. The lowest BCUT2D eigenvalue weighted by atomic mass is 10.0. The second kappa shape index (κ2) is 4.95. The number of hydrogen-bond donors (Lipinski definition) is 1. The van der Waals surface area contributed by atoms with Crippen LogP contribution in [0.15, 0.2) is 84.9 Å². The fourth-order valence-corrected chi connectivity index (χ4v) is 2.83. The largest absolute Gasteiger partial charge is 0.355 e. The number of benzene rings is 4. The molecule has 1 N–H and O–H groups in total. The van der Waals surface area contributed by atoms with E-state index in [-0.39, 0.29) is 0 Å². The molecule has 0 saturated carbocycles. The summed E-state index contributed by atoms with van der Waals surface area (Å²) in [5, 5.41) is 8.63. The monoisotopic (exact) mass is 269 g/mol. The summed E-state index contributed by atoms with van der Waals surface area (Å²) in [6.07, 6.45) is 0. The highest BCUT2D eigenvalue weighted by Crippen LogP contribution is 2.31. The van der Waals surface area contributed by atoms with Crippen LogP contribution in [0, 0.1) is 0 Å². The molecular formula is C20H15N. The van der Waals surface area contributed by atoms with Crippen molar-refractivity contribution in [2.75, 3.05) is 5.32 Å². The lowest BCUT2D eigenvalue weighted by Gasteiger charge is -2.11. The van der Waals surface area contributed by atoms with Crippen molar-refractivity contribution in [1.82, 2.24) is 0 Å². The molecule has 4 aromatic carbocycles. The highest BCUT2D eigenvalue weighted by molar-refractivity contribution is 6.11. The molecule has 0 fully saturated rings. The average Bonchev–Trinajstić information content (AvgIpc) is 2.56. The molecule has 21 heavy (non-hydrogen) atoms. The summed E-state index contributed by atoms with van der Waals surface area (Å²) in [5.41, 5.74) is 2.25. The molecule has 0 spiro atoms. The lowest BCUT2D eigenvalue weighted by Crippen LogP contribution is -1.91. The van der Waals surface area contributed by atoms with Crippen LogP contribution in [0.4, 0.5) is 11.4 Å². The van der Waals surface area contributed by atoms with Crippen LogP contribution >= 0.6 is 0 Å². The van der Waals surface area contributed by atoms with E-state index in [1.54, 1.807) is 0 Å². The number of nitrogens with one attached hydrogen (secondary N) is 1. The molecule has 0 amide bonds. The first-order chi connectivity index (χ1) is 10.4. The molecule has 0 aliphatic carbocycles. The molecule has 0 aromatic heterocycles. The molecule has 0 saturated heterocycles. The second-order valence-corrected chi connectivity index (χ2v) is 5.18. The van der Waals surface area contributed by atoms with Gasteiger partial charge in [0.1, 0.15) is 0 Å². The summed E-state index contributed by atoms with van der Waals surface area (Å²) in [7, 11) is 0. The number of fused-ring (bicyclic) bond motifs is 3. The molecule has 0 atom stereocenters. The minimum absolute atomic E-state index is 1.11. The van der Waals surface area contributed by atoms with E-state index in [0.29, 0.717) is 0 Å². The van der Waals surface area contributed by atoms with Crippen LogP contribution in [-0.2, 0) is 0 Å². The van der Waals surface area contributed by atoms with Crippen molar-refractivity contribution in [3.05, 3.63) is 84.9 Å². The van der Waals surface area contributed by atoms with Crippen molar-refractivity contribution in [2.45, 2.75) is 0 Å². The Bertz CT molecular complexity index is 910. The maximum absolute atomic E-state index is 3.51. The Hall–Kier alpha value is -2.80. The molecule has 0 radical (unpaired) electrons. The molecular weight excluding hydrogens is 254 g/mol. The normalized spacial score (nSPS) is 10.9. The van der Waals surface area contributed by atoms with Gasteiger partial charge in [-0.3, -0.25) is 0 Å². The van der Waals surface area contributed by atoms with E-state index in [1.165, 1.54) is 21.5 Å². The molecule has 0 aliphatic heterocycles. The molecule has 100 valence electrons. The fourth-order valence-electron chi connectivity index (χ4n) is 2.83. The van der Waals surface area contributed by atoms with Crippen molar-refractivity contribution in [1.29, 1.82) is 0 Å². The zero-order chi connectivity index (χ0) is 14.1. The van der Waals surface area contributed by atoms with Crippen molar-refractivity contribution >= 4 is 32.9 Å². The topological polar surface area (TPSA) is 12.0 Å². The van der Waals surface area contributed by atoms with E-state index in [9.17, 15) is 0 Å². The SMILES string of the molecule is c1ccc(Nc2cccc3c2ccc2ccccc23)cc1. The van der Waals surface area contributed by atoms with Crippen molar-refractivity contribution in [3.8, 4) is 0 Å². The molecule has 4 rings (SSSR count). The van der Waals surface area contributed by atoms with Crippen LogP contribution in [0.25, 0.3) is 21.5 Å². The third kappa shape index (κ3) is 2.13. The third-order valence-electron chi connectivity index (χ3n) is 3.84. The smallest absolute Gasteiger partial charge is 0.0464 e. The molecule has 0 heterocycles. The first kappa shape index (κ1) is 12.0. The Morgan fingerprint density at radius 2 is 1.24 bits per heavy atom. The van der Waals surface area contributed by atoms with Crippen LogP contribution in [0.2, 0.25) is 0 Å². The maximum Gasteiger partial charge on any atom is 0.0464 e. The third-order valence-corrected chi connectivity index (χ3v) is 3.84. The summed E-state index contributed by atoms with van der Waals surface area (Å²) in [4.78, 5) is 0. The maximum atomic E-state index is 3.51. The van der Waals surface area contributed by atoms with Crippen molar-refractivity contribution < 1.29 is 0 Å². The Morgan fingerprint density at radius 3 is 2.14 bits per heavy atom. The van der Waals surface area contributed by atoms with E-state index in [4.69, 9.17) is 0 Å². The Labute approximate surface area is 123 Å². The van der Waals surface area contributed by atoms with Gasteiger partial charge in [-0.05, 0) is 34.4 Å². The predicted molar refractivity (Wildman–Crippen MR) is 91.2 cm³/mol. The van der Waals surface area contributed by atoms with E-state index >= 15 is 0 Å². The zero-order valence-electron chi connectivity index (χ0n) is 11.6. The minimum atomic E-state index is 1.11. The summed E-state index contributed by atoms with van der Waals surface area (Å²) < 4.78 is 0. The van der Waals surface area contributed by atoms with E-state index in [2.05, 4.69) is 72.0 Å². The van der Waals surface area contributed by atoms with Crippen LogP contribution < -0.4 is 5.32 Å². The number of rotatable bonds is 2. The molecule has 0 unspecified atom stereocenters. The van der Waals surface area contributed by atoms with Crippen LogP contribution in [0.5, 0.6) is 0 Å². The van der Waals surface area contributed by atoms with Crippen LogP contribution in [0.1, 0.15) is 0 Å². The summed E-state index contributed by atoms with van der Waals surface area (Å²) >= 11 is 0. The number of anilines is 2. The van der Waals surface area contributed by atoms with Crippen LogP contribution in [0.3, 0.4) is 0 Å². The first-order valence-corrected chi connectivity index (χ1v) is 7.14. The van der Waals surface area contributed by atoms with E-state index < -0.39 is 0 Å². The highest BCUT2D eigenvalue weighted by atomic mass is 14.9. The number of para-hydroxylation sites is 1. The summed E-state index contributed by atoms with van der Waals surface area (Å²) in [5.74, 6) is 0. The van der Waals surface area contributed by atoms with Gasteiger partial charge in [-0.25, -0.2) is 0 Å². The fraction of sp³-hybridized carbons (Fsp3) is 0. The predicted octanol–water partition coefficient (Wildman–Crippen LogP) is 5.74. The van der Waals surface area contributed by atoms with Crippen molar-refractivity contribution in [2.24, 2.45) is 0 Å². The van der Waals surface area contributed by atoms with Gasteiger partial charge in [-0.1, -0.05) is 66.7 Å². The first-order valence-electron chi connectivity index (χ1n) is 7.14. The Morgan fingerprint density at radius 1 is 0.476 bits per heavy atom. The standard InChI is InChI=1S/C20H15N/c1-2-8-16(9-3-1)21-20-12-6-11-18-17-10-5-4-7-15(17)13-14-19(18)20/h1-14,21H. The lowest BCUT2D eigenvalue weighted by molar-refractivity contribution is 1.58. The average molecular weight is 269 g/mol. The van der Waals surface area contributed by atoms with E-state index in [0.717, 1.165) is 11.4 Å². The highest BCUT2D eigenvalue weighted by Gasteiger charge is 2.04. The van der Waals surface area contributed by atoms with Gasteiger partial charge in [0.2, 0.25) is 0 Å². The van der Waals surface area contributed by atoms with Gasteiger partial charge in [0, 0.05) is 16.8 Å². The van der Waals surface area contributed by atoms with Crippen molar-refractivity contribution in [3.63, 3.8) is 0 Å². The summed E-state index contributed by atoms with van der Waals surface area (Å²) in [6.45, 7) is 0. The quantitative estimate of drug-likeness (QED) is 0.458. The Kier molecular flexibility index (Phi) is 2.82. The second-order valence-electron chi connectivity index (χ2n) is 5.18. The molecule has 0 bridgehead atoms. The van der Waals surface area contributed by atoms with Gasteiger partial charge < -0.3 is 5.32 Å². The van der Waals surface area contributed by atoms with Gasteiger partial charge in [0.05, 0.1) is 0 Å². The van der Waals surface area contributed by atoms with Crippen LogP contribution in [-0.4, -0.2) is 0 Å². The zero-order valence-corrected chi connectivity index (χ0v) is 11.6. The van der Waals surface area contributed by atoms with Gasteiger partial charge >= 0.3 is 0 Å². The summed E-state index contributed by atoms with van der Waals surface area (Å²) in [6, 6.07) is 29.6. The van der Waals surface area contributed by atoms with E-state index in [1.807, 2.05) is 18.2 Å². The van der Waals surface area contributed by atoms with Gasteiger partial charge in [0.15, 0.2) is 0 Å². The Balaban J connectivity index is 1.92. The molecule has 0 aliphatic rings. The van der Waals surface area contributed by atoms with Gasteiger partial charge in [-0.15, -0.1) is 0 Å². The molecule has 4 aromatic rings. The van der Waals surface area contributed by atoms with Gasteiger partial charge in [0.25, 0.3) is 0 Å². The number of hydrogen-bond acceptors (Lipinski definition) is 1. The minimum Gasteiger partial charge on any atom is -0.355 e. The van der Waals surface area contributed by atoms with Gasteiger partial charge in [-0.2, -0.15) is 0 Å². The molecule has 1 heteroatoms.